The van der Waals surface area contributed by atoms with Crippen LogP contribution in [0.25, 0.3) is 0 Å². The molecule has 2 heteroatoms. The van der Waals surface area contributed by atoms with Gasteiger partial charge in [0.2, 0.25) is 0 Å². The molecule has 0 aliphatic carbocycles. The number of hydrogen-bond acceptors (Lipinski definition) is 2. The average molecular weight is 110 g/mol. The summed E-state index contributed by atoms with van der Waals surface area (Å²) in [7, 11) is 4.00. The molecule has 1 heterocycles. The van der Waals surface area contributed by atoms with Gasteiger partial charge in [-0.05, 0) is 0 Å². The molecule has 0 aromatic heterocycles. The van der Waals surface area contributed by atoms with Gasteiger partial charge in [-0.25, -0.2) is 0 Å². The third-order valence-corrected chi connectivity index (χ3v) is 1.20. The van der Waals surface area contributed by atoms with Crippen molar-refractivity contribution in [3.8, 4) is 12.1 Å². The van der Waals surface area contributed by atoms with Gasteiger partial charge in [-0.3, -0.25) is 0 Å². The second-order valence-corrected chi connectivity index (χ2v) is 2.07. The zero-order valence-electron chi connectivity index (χ0n) is 5.31. The third kappa shape index (κ3) is 1.06. The summed E-state index contributed by atoms with van der Waals surface area (Å²) in [4.78, 5) is 4.00. The SMILES string of the molecule is CN1C#CN(C)CC1. The Morgan fingerprint density at radius 2 is 1.38 bits per heavy atom. The summed E-state index contributed by atoms with van der Waals surface area (Å²) in [5, 5.41) is 0. The van der Waals surface area contributed by atoms with Gasteiger partial charge in [0, 0.05) is 39.3 Å². The predicted molar refractivity (Wildman–Crippen MR) is 33.0 cm³/mol. The lowest BCUT2D eigenvalue weighted by atomic mass is 10.5. The van der Waals surface area contributed by atoms with E-state index in [1.807, 2.05) is 23.9 Å². The molecule has 1 aliphatic rings. The molecule has 0 aromatic carbocycles. The minimum Gasteiger partial charge on any atom is -0.332 e. The van der Waals surface area contributed by atoms with Crippen molar-refractivity contribution in [3.63, 3.8) is 0 Å². The van der Waals surface area contributed by atoms with Gasteiger partial charge in [0.05, 0.1) is 0 Å². The lowest BCUT2D eigenvalue weighted by Crippen LogP contribution is -2.29. The Labute approximate surface area is 50.1 Å². The fourth-order valence-electron chi connectivity index (χ4n) is 0.583. The number of hydrogen-bond donors (Lipinski definition) is 0. The molecule has 0 saturated heterocycles. The summed E-state index contributed by atoms with van der Waals surface area (Å²) in [5.74, 6) is 0. The Hall–Kier alpha value is -0.840. The van der Waals surface area contributed by atoms with Gasteiger partial charge in [-0.15, -0.1) is 0 Å². The van der Waals surface area contributed by atoms with Gasteiger partial charge in [0.1, 0.15) is 0 Å². The van der Waals surface area contributed by atoms with Crippen LogP contribution in [0, 0.1) is 12.1 Å². The molecule has 0 unspecified atom stereocenters. The smallest absolute Gasteiger partial charge is 0.0440 e. The molecule has 0 saturated carbocycles. The van der Waals surface area contributed by atoms with Gasteiger partial charge in [0.15, 0.2) is 0 Å². The van der Waals surface area contributed by atoms with Crippen molar-refractivity contribution < 1.29 is 0 Å². The Morgan fingerprint density at radius 3 is 1.62 bits per heavy atom. The van der Waals surface area contributed by atoms with Crippen LogP contribution in [0.15, 0.2) is 0 Å². The van der Waals surface area contributed by atoms with Crippen molar-refractivity contribution in [2.24, 2.45) is 0 Å². The summed E-state index contributed by atoms with van der Waals surface area (Å²) in [5.41, 5.74) is 0. The Morgan fingerprint density at radius 1 is 1.00 bits per heavy atom. The molecule has 1 aliphatic heterocycles. The van der Waals surface area contributed by atoms with Crippen molar-refractivity contribution in [3.05, 3.63) is 0 Å². The molecule has 8 heavy (non-hydrogen) atoms. The lowest BCUT2D eigenvalue weighted by Gasteiger charge is -2.20. The Bertz CT molecular complexity index is 117. The first-order chi connectivity index (χ1) is 3.79. The largest absolute Gasteiger partial charge is 0.332 e. The first-order valence-electron chi connectivity index (χ1n) is 2.72. The molecule has 2 nitrogen and oxygen atoms in total. The summed E-state index contributed by atoms with van der Waals surface area (Å²) in [6.45, 7) is 2.12. The molecular formula is C6H10N2. The maximum absolute atomic E-state index is 2.94. The number of nitrogens with zero attached hydrogens (tertiary/aromatic N) is 2. The molecule has 0 N–H and O–H groups in total. The van der Waals surface area contributed by atoms with Gasteiger partial charge in [0.25, 0.3) is 0 Å². The summed E-state index contributed by atoms with van der Waals surface area (Å²) in [6, 6.07) is 5.88. The molecule has 0 atom stereocenters. The van der Waals surface area contributed by atoms with E-state index in [-0.39, 0.29) is 0 Å². The molecule has 0 radical (unpaired) electrons. The van der Waals surface area contributed by atoms with Crippen LogP contribution in [0.3, 0.4) is 0 Å². The van der Waals surface area contributed by atoms with Crippen LogP contribution in [0.2, 0.25) is 0 Å². The molecule has 0 amide bonds. The van der Waals surface area contributed by atoms with Crippen LogP contribution < -0.4 is 0 Å². The van der Waals surface area contributed by atoms with E-state index < -0.39 is 0 Å². The maximum atomic E-state index is 2.94. The van der Waals surface area contributed by atoms with Crippen molar-refractivity contribution in [2.45, 2.75) is 0 Å². The van der Waals surface area contributed by atoms with E-state index in [0.717, 1.165) is 13.1 Å². The van der Waals surface area contributed by atoms with Crippen LogP contribution >= 0.6 is 0 Å². The quantitative estimate of drug-likeness (QED) is 0.398. The fraction of sp³-hybridized carbons (Fsp3) is 0.667. The maximum Gasteiger partial charge on any atom is 0.0440 e. The standard InChI is InChI=1S/C6H10N2/c1-7-3-5-8(2)6-4-7/h3,5H2,1-2H3. The molecular weight excluding hydrogens is 100 g/mol. The summed E-state index contributed by atoms with van der Waals surface area (Å²) < 4.78 is 0. The minimum absolute atomic E-state index is 1.06. The highest BCUT2D eigenvalue weighted by Gasteiger charge is 1.98. The minimum atomic E-state index is 1.06. The van der Waals surface area contributed by atoms with Crippen LogP contribution in [0.1, 0.15) is 0 Å². The molecule has 0 spiro atoms. The zero-order chi connectivity index (χ0) is 5.98. The van der Waals surface area contributed by atoms with Crippen LogP contribution in [-0.2, 0) is 0 Å². The van der Waals surface area contributed by atoms with E-state index in [2.05, 4.69) is 12.1 Å². The van der Waals surface area contributed by atoms with Crippen molar-refractivity contribution >= 4 is 0 Å². The van der Waals surface area contributed by atoms with Gasteiger partial charge in [-0.1, -0.05) is 0 Å². The highest BCUT2D eigenvalue weighted by Crippen LogP contribution is 1.87. The predicted octanol–water partition coefficient (Wildman–Crippen LogP) is -0.218. The van der Waals surface area contributed by atoms with Crippen LogP contribution in [0.5, 0.6) is 0 Å². The molecule has 0 bridgehead atoms. The van der Waals surface area contributed by atoms with Crippen LogP contribution in [0.4, 0.5) is 0 Å². The first kappa shape index (κ1) is 5.30. The van der Waals surface area contributed by atoms with Crippen LogP contribution in [-0.4, -0.2) is 37.0 Å². The molecule has 1 rings (SSSR count). The van der Waals surface area contributed by atoms with E-state index in [4.69, 9.17) is 0 Å². The normalized spacial score (nSPS) is 17.8. The van der Waals surface area contributed by atoms with Crippen molar-refractivity contribution in [2.75, 3.05) is 27.2 Å². The Balaban J connectivity index is 2.52. The highest BCUT2D eigenvalue weighted by molar-refractivity contribution is 5.00. The monoisotopic (exact) mass is 110 g/mol. The average Bonchev–Trinajstić information content (AvgIpc) is 1.77. The number of likely N-dealkylation sites (N-methyl/N-ethyl adjacent to an activating group) is 2. The molecule has 0 aromatic rings. The number of rotatable bonds is 0. The van der Waals surface area contributed by atoms with Gasteiger partial charge < -0.3 is 9.80 Å². The Kier molecular flexibility index (Phi) is 1.29. The summed E-state index contributed by atoms with van der Waals surface area (Å²) >= 11 is 0. The highest BCUT2D eigenvalue weighted by atomic mass is 15.2. The van der Waals surface area contributed by atoms with E-state index >= 15 is 0 Å². The fourth-order valence-corrected chi connectivity index (χ4v) is 0.583. The van der Waals surface area contributed by atoms with Crippen molar-refractivity contribution in [1.82, 2.24) is 9.80 Å². The van der Waals surface area contributed by atoms with E-state index in [9.17, 15) is 0 Å². The second kappa shape index (κ2) is 1.95. The van der Waals surface area contributed by atoms with Gasteiger partial charge in [-0.2, -0.15) is 0 Å². The van der Waals surface area contributed by atoms with E-state index in [0.29, 0.717) is 0 Å². The van der Waals surface area contributed by atoms with Crippen molar-refractivity contribution in [1.29, 1.82) is 0 Å². The molecule has 0 fully saturated rings. The zero-order valence-corrected chi connectivity index (χ0v) is 5.31. The lowest BCUT2D eigenvalue weighted by molar-refractivity contribution is 0.363. The topological polar surface area (TPSA) is 6.48 Å². The van der Waals surface area contributed by atoms with E-state index in [1.165, 1.54) is 0 Å². The molecule has 44 valence electrons. The second-order valence-electron chi connectivity index (χ2n) is 2.07. The first-order valence-corrected chi connectivity index (χ1v) is 2.72. The van der Waals surface area contributed by atoms with E-state index in [1.54, 1.807) is 0 Å². The van der Waals surface area contributed by atoms with Gasteiger partial charge >= 0.3 is 0 Å². The summed E-state index contributed by atoms with van der Waals surface area (Å²) in [6.07, 6.45) is 0. The third-order valence-electron chi connectivity index (χ3n) is 1.20.